The molecule has 0 bridgehead atoms. The van der Waals surface area contributed by atoms with E-state index in [1.54, 1.807) is 23.1 Å². The van der Waals surface area contributed by atoms with Crippen LogP contribution in [0.1, 0.15) is 37.4 Å². The van der Waals surface area contributed by atoms with E-state index in [1.165, 1.54) is 25.7 Å². The van der Waals surface area contributed by atoms with Crippen molar-refractivity contribution >= 4 is 34.7 Å². The van der Waals surface area contributed by atoms with Crippen molar-refractivity contribution < 1.29 is 0 Å². The molecule has 0 spiro atoms. The Morgan fingerprint density at radius 2 is 2.08 bits per heavy atom. The maximum atomic E-state index is 6.25. The van der Waals surface area contributed by atoms with E-state index in [0.717, 1.165) is 32.2 Å². The first-order valence-corrected chi connectivity index (χ1v) is 10.2. The third-order valence-corrected chi connectivity index (χ3v) is 6.36. The van der Waals surface area contributed by atoms with Crippen LogP contribution < -0.4 is 0 Å². The zero-order chi connectivity index (χ0) is 16.4. The Hall–Kier alpha value is -1.44. The summed E-state index contributed by atoms with van der Waals surface area (Å²) in [6.45, 7) is 0. The van der Waals surface area contributed by atoms with Crippen LogP contribution in [0.4, 0.5) is 0 Å². The van der Waals surface area contributed by atoms with Crippen molar-refractivity contribution in [2.24, 2.45) is 0 Å². The Bertz CT molecular complexity index is 825. The number of thioether (sulfide) groups is 1. The van der Waals surface area contributed by atoms with E-state index in [-0.39, 0.29) is 0 Å². The number of benzene rings is 1. The molecule has 1 aromatic carbocycles. The van der Waals surface area contributed by atoms with Gasteiger partial charge in [0.1, 0.15) is 5.01 Å². The SMILES string of the molecule is Clc1ccccc1-c1nc(CSc2nnnn2C2CCCC2)cs1. The highest BCUT2D eigenvalue weighted by Gasteiger charge is 2.21. The smallest absolute Gasteiger partial charge is 0.209 e. The van der Waals surface area contributed by atoms with Crippen LogP contribution in [-0.2, 0) is 5.75 Å². The monoisotopic (exact) mass is 377 g/mol. The Balaban J connectivity index is 1.46. The van der Waals surface area contributed by atoms with Gasteiger partial charge in [0.2, 0.25) is 5.16 Å². The molecule has 1 aliphatic rings. The van der Waals surface area contributed by atoms with Gasteiger partial charge < -0.3 is 0 Å². The average Bonchev–Trinajstić information content (AvgIpc) is 3.34. The molecular formula is C16H16ClN5S2. The van der Waals surface area contributed by atoms with Crippen LogP contribution in [0, 0.1) is 0 Å². The number of hydrogen-bond donors (Lipinski definition) is 0. The largest absolute Gasteiger partial charge is 0.240 e. The lowest BCUT2D eigenvalue weighted by Crippen LogP contribution is -2.08. The molecular weight excluding hydrogens is 362 g/mol. The van der Waals surface area contributed by atoms with Crippen LogP contribution in [0.2, 0.25) is 5.02 Å². The molecule has 124 valence electrons. The van der Waals surface area contributed by atoms with Gasteiger partial charge in [0.25, 0.3) is 0 Å². The molecule has 0 N–H and O–H groups in total. The highest BCUT2D eigenvalue weighted by atomic mass is 35.5. The van der Waals surface area contributed by atoms with Crippen molar-refractivity contribution in [2.45, 2.75) is 42.6 Å². The lowest BCUT2D eigenvalue weighted by molar-refractivity contribution is 0.423. The van der Waals surface area contributed by atoms with Crippen LogP contribution in [0.5, 0.6) is 0 Å². The topological polar surface area (TPSA) is 56.5 Å². The molecule has 0 saturated heterocycles. The van der Waals surface area contributed by atoms with Crippen molar-refractivity contribution in [1.82, 2.24) is 25.2 Å². The van der Waals surface area contributed by atoms with Gasteiger partial charge in [-0.1, -0.05) is 54.4 Å². The Labute approximate surface area is 153 Å². The summed E-state index contributed by atoms with van der Waals surface area (Å²) in [5.74, 6) is 0.758. The lowest BCUT2D eigenvalue weighted by Gasteiger charge is -2.10. The van der Waals surface area contributed by atoms with Crippen molar-refractivity contribution in [1.29, 1.82) is 0 Å². The minimum absolute atomic E-state index is 0.455. The summed E-state index contributed by atoms with van der Waals surface area (Å²) >= 11 is 9.51. The number of thiazole rings is 1. The number of aromatic nitrogens is 5. The summed E-state index contributed by atoms with van der Waals surface area (Å²) < 4.78 is 1.99. The minimum Gasteiger partial charge on any atom is -0.240 e. The molecule has 3 aromatic rings. The predicted octanol–water partition coefficient (Wildman–Crippen LogP) is 4.86. The van der Waals surface area contributed by atoms with Crippen molar-refractivity contribution in [3.63, 3.8) is 0 Å². The average molecular weight is 378 g/mol. The van der Waals surface area contributed by atoms with E-state index in [2.05, 4.69) is 20.9 Å². The molecule has 1 fully saturated rings. The van der Waals surface area contributed by atoms with Crippen LogP contribution in [0.25, 0.3) is 10.6 Å². The molecule has 5 nitrogen and oxygen atoms in total. The van der Waals surface area contributed by atoms with Gasteiger partial charge >= 0.3 is 0 Å². The minimum atomic E-state index is 0.455. The van der Waals surface area contributed by atoms with E-state index in [1.807, 2.05) is 28.9 Å². The molecule has 24 heavy (non-hydrogen) atoms. The number of tetrazole rings is 1. The van der Waals surface area contributed by atoms with Crippen molar-refractivity contribution in [3.05, 3.63) is 40.4 Å². The van der Waals surface area contributed by atoms with Crippen LogP contribution in [-0.4, -0.2) is 25.2 Å². The van der Waals surface area contributed by atoms with Gasteiger partial charge in [-0.3, -0.25) is 0 Å². The van der Waals surface area contributed by atoms with Crippen LogP contribution in [0.3, 0.4) is 0 Å². The van der Waals surface area contributed by atoms with E-state index in [0.29, 0.717) is 6.04 Å². The van der Waals surface area contributed by atoms with Gasteiger partial charge in [0, 0.05) is 16.7 Å². The fourth-order valence-corrected chi connectivity index (χ4v) is 5.01. The summed E-state index contributed by atoms with van der Waals surface area (Å²) in [6.07, 6.45) is 4.88. The molecule has 4 rings (SSSR count). The summed E-state index contributed by atoms with van der Waals surface area (Å²) in [4.78, 5) is 4.70. The summed E-state index contributed by atoms with van der Waals surface area (Å²) in [7, 11) is 0. The van der Waals surface area contributed by atoms with E-state index < -0.39 is 0 Å². The number of nitrogens with zero attached hydrogens (tertiary/aromatic N) is 5. The predicted molar refractivity (Wildman–Crippen MR) is 97.4 cm³/mol. The van der Waals surface area contributed by atoms with Gasteiger partial charge in [0.15, 0.2) is 0 Å². The summed E-state index contributed by atoms with van der Waals surface area (Å²) in [5.41, 5.74) is 2.01. The van der Waals surface area contributed by atoms with E-state index in [4.69, 9.17) is 16.6 Å². The zero-order valence-corrected chi connectivity index (χ0v) is 15.3. The molecule has 8 heteroatoms. The van der Waals surface area contributed by atoms with Gasteiger partial charge in [-0.15, -0.1) is 16.4 Å². The molecule has 0 aliphatic heterocycles. The van der Waals surface area contributed by atoms with Crippen molar-refractivity contribution in [3.8, 4) is 10.6 Å². The summed E-state index contributed by atoms with van der Waals surface area (Å²) in [6, 6.07) is 8.25. The zero-order valence-electron chi connectivity index (χ0n) is 12.9. The summed E-state index contributed by atoms with van der Waals surface area (Å²) in [5, 5.41) is 16.8. The third-order valence-electron chi connectivity index (χ3n) is 4.14. The second kappa shape index (κ2) is 7.21. The van der Waals surface area contributed by atoms with Crippen molar-refractivity contribution in [2.75, 3.05) is 0 Å². The molecule has 0 radical (unpaired) electrons. The Morgan fingerprint density at radius 1 is 1.25 bits per heavy atom. The first-order valence-electron chi connectivity index (χ1n) is 7.91. The second-order valence-electron chi connectivity index (χ2n) is 5.76. The first-order chi connectivity index (χ1) is 11.8. The lowest BCUT2D eigenvalue weighted by atomic mass is 10.2. The normalized spacial score (nSPS) is 15.2. The van der Waals surface area contributed by atoms with Crippen LogP contribution in [0.15, 0.2) is 34.8 Å². The molecule has 1 saturated carbocycles. The highest BCUT2D eigenvalue weighted by molar-refractivity contribution is 7.98. The molecule has 1 aliphatic carbocycles. The Morgan fingerprint density at radius 3 is 2.92 bits per heavy atom. The Kier molecular flexibility index (Phi) is 4.82. The molecule has 2 heterocycles. The van der Waals surface area contributed by atoms with Gasteiger partial charge in [-0.25, -0.2) is 9.67 Å². The fourth-order valence-electron chi connectivity index (χ4n) is 2.93. The molecule has 2 aromatic heterocycles. The van der Waals surface area contributed by atoms with Crippen LogP contribution >= 0.6 is 34.7 Å². The first kappa shape index (κ1) is 16.1. The quantitative estimate of drug-likeness (QED) is 0.594. The maximum Gasteiger partial charge on any atom is 0.209 e. The van der Waals surface area contributed by atoms with E-state index in [9.17, 15) is 0 Å². The fraction of sp³-hybridized carbons (Fsp3) is 0.375. The van der Waals surface area contributed by atoms with E-state index >= 15 is 0 Å². The van der Waals surface area contributed by atoms with Gasteiger partial charge in [-0.2, -0.15) is 0 Å². The third kappa shape index (κ3) is 3.34. The standard InChI is InChI=1S/C16H16ClN5S2/c17-14-8-4-3-7-13(14)15-18-11(9-23-15)10-24-16-19-20-21-22(16)12-5-1-2-6-12/h3-4,7-9,12H,1-2,5-6,10H2. The number of hydrogen-bond acceptors (Lipinski definition) is 6. The number of halogens is 1. The van der Waals surface area contributed by atoms with Gasteiger partial charge in [-0.05, 0) is 29.3 Å². The molecule has 0 unspecified atom stereocenters. The second-order valence-corrected chi connectivity index (χ2v) is 7.96. The maximum absolute atomic E-state index is 6.25. The molecule has 0 atom stereocenters. The van der Waals surface area contributed by atoms with Gasteiger partial charge in [0.05, 0.1) is 16.8 Å². The number of rotatable bonds is 5. The highest BCUT2D eigenvalue weighted by Crippen LogP contribution is 2.34. The molecule has 0 amide bonds.